The standard InChI is InChI=1S/C33H21NO/c1-2-9-22(10-3-1)25-14-6-16-30-31-17-7-15-29(33(31)35-32(25)30)28-19-18-24(23-11-8-20-34-21-23)26-12-4-5-13-27(26)28/h1-21H. The minimum Gasteiger partial charge on any atom is -0.455 e. The van der Waals surface area contributed by atoms with Crippen LogP contribution in [0.1, 0.15) is 0 Å². The summed E-state index contributed by atoms with van der Waals surface area (Å²) in [5.41, 5.74) is 8.69. The van der Waals surface area contributed by atoms with Crippen LogP contribution < -0.4 is 0 Å². The second kappa shape index (κ2) is 7.96. The van der Waals surface area contributed by atoms with E-state index in [1.165, 1.54) is 21.9 Å². The van der Waals surface area contributed by atoms with Crippen LogP contribution in [0.15, 0.2) is 132 Å². The quantitative estimate of drug-likeness (QED) is 0.270. The fraction of sp³-hybridized carbons (Fsp3) is 0. The molecule has 0 N–H and O–H groups in total. The van der Waals surface area contributed by atoms with Crippen molar-refractivity contribution in [1.82, 2.24) is 4.98 Å². The van der Waals surface area contributed by atoms with Gasteiger partial charge in [-0.05, 0) is 33.5 Å². The lowest BCUT2D eigenvalue weighted by atomic mass is 9.92. The number of hydrogen-bond acceptors (Lipinski definition) is 2. The molecule has 2 nitrogen and oxygen atoms in total. The van der Waals surface area contributed by atoms with E-state index >= 15 is 0 Å². The molecule has 0 aliphatic heterocycles. The predicted molar refractivity (Wildman–Crippen MR) is 145 cm³/mol. The van der Waals surface area contributed by atoms with Gasteiger partial charge >= 0.3 is 0 Å². The highest BCUT2D eigenvalue weighted by atomic mass is 16.3. The molecule has 0 aliphatic rings. The number of hydrogen-bond donors (Lipinski definition) is 0. The minimum absolute atomic E-state index is 0.921. The fourth-order valence-corrected chi connectivity index (χ4v) is 5.19. The Labute approximate surface area is 203 Å². The van der Waals surface area contributed by atoms with Crippen molar-refractivity contribution in [3.05, 3.63) is 128 Å². The van der Waals surface area contributed by atoms with Crippen molar-refractivity contribution in [2.24, 2.45) is 0 Å². The maximum Gasteiger partial charge on any atom is 0.143 e. The number of benzene rings is 5. The molecule has 164 valence electrons. The molecule has 0 atom stereocenters. The average Bonchev–Trinajstić information content (AvgIpc) is 3.33. The SMILES string of the molecule is c1ccc(-c2cccc3c2oc2c(-c4ccc(-c5cccnc5)c5ccccc45)cccc23)cc1. The first-order chi connectivity index (χ1) is 17.4. The summed E-state index contributed by atoms with van der Waals surface area (Å²) in [6.07, 6.45) is 3.73. The van der Waals surface area contributed by atoms with Crippen LogP contribution in [-0.2, 0) is 0 Å². The molecule has 0 saturated carbocycles. The highest BCUT2D eigenvalue weighted by Gasteiger charge is 2.17. The van der Waals surface area contributed by atoms with E-state index in [2.05, 4.69) is 108 Å². The summed E-state index contributed by atoms with van der Waals surface area (Å²) >= 11 is 0. The first-order valence-corrected chi connectivity index (χ1v) is 11.8. The zero-order valence-corrected chi connectivity index (χ0v) is 19.0. The molecule has 0 spiro atoms. The Morgan fingerprint density at radius 3 is 1.74 bits per heavy atom. The van der Waals surface area contributed by atoms with Crippen LogP contribution >= 0.6 is 0 Å². The molecular formula is C33H21NO. The highest BCUT2D eigenvalue weighted by molar-refractivity contribution is 6.15. The Morgan fingerprint density at radius 1 is 0.400 bits per heavy atom. The first kappa shape index (κ1) is 19.7. The average molecular weight is 448 g/mol. The summed E-state index contributed by atoms with van der Waals surface area (Å²) in [5.74, 6) is 0. The molecule has 0 amide bonds. The molecule has 5 aromatic carbocycles. The Balaban J connectivity index is 1.51. The van der Waals surface area contributed by atoms with Gasteiger partial charge < -0.3 is 4.42 Å². The Bertz CT molecular complexity index is 1830. The van der Waals surface area contributed by atoms with Gasteiger partial charge in [-0.2, -0.15) is 0 Å². The molecular weight excluding hydrogens is 426 g/mol. The van der Waals surface area contributed by atoms with Gasteiger partial charge in [0.05, 0.1) is 0 Å². The van der Waals surface area contributed by atoms with Gasteiger partial charge in [-0.15, -0.1) is 0 Å². The second-order valence-electron chi connectivity index (χ2n) is 8.78. The minimum atomic E-state index is 0.921. The smallest absolute Gasteiger partial charge is 0.143 e. The highest BCUT2D eigenvalue weighted by Crippen LogP contribution is 2.42. The third-order valence-corrected chi connectivity index (χ3v) is 6.80. The van der Waals surface area contributed by atoms with Crippen LogP contribution in [0, 0.1) is 0 Å². The van der Waals surface area contributed by atoms with Crippen molar-refractivity contribution in [2.75, 3.05) is 0 Å². The van der Waals surface area contributed by atoms with Gasteiger partial charge in [0.25, 0.3) is 0 Å². The largest absolute Gasteiger partial charge is 0.455 e. The van der Waals surface area contributed by atoms with Crippen molar-refractivity contribution in [2.45, 2.75) is 0 Å². The molecule has 7 rings (SSSR count). The number of fused-ring (bicyclic) bond motifs is 4. The van der Waals surface area contributed by atoms with E-state index < -0.39 is 0 Å². The van der Waals surface area contributed by atoms with Crippen molar-refractivity contribution >= 4 is 32.7 Å². The van der Waals surface area contributed by atoms with Crippen LogP contribution in [0.25, 0.3) is 66.1 Å². The first-order valence-electron chi connectivity index (χ1n) is 11.8. The molecule has 2 heteroatoms. The van der Waals surface area contributed by atoms with E-state index in [1.807, 2.05) is 24.5 Å². The van der Waals surface area contributed by atoms with Gasteiger partial charge in [0.1, 0.15) is 11.2 Å². The van der Waals surface area contributed by atoms with Crippen LogP contribution in [0.2, 0.25) is 0 Å². The number of aromatic nitrogens is 1. The van der Waals surface area contributed by atoms with Crippen LogP contribution in [0.5, 0.6) is 0 Å². The third-order valence-electron chi connectivity index (χ3n) is 6.80. The molecule has 0 saturated heterocycles. The zero-order valence-electron chi connectivity index (χ0n) is 19.0. The van der Waals surface area contributed by atoms with Gasteiger partial charge in [-0.1, -0.05) is 109 Å². The zero-order chi connectivity index (χ0) is 23.2. The van der Waals surface area contributed by atoms with Crippen LogP contribution in [0.4, 0.5) is 0 Å². The molecule has 7 aromatic rings. The maximum atomic E-state index is 6.68. The molecule has 0 radical (unpaired) electrons. The number of rotatable bonds is 3. The van der Waals surface area contributed by atoms with Gasteiger partial charge in [0.2, 0.25) is 0 Å². The third kappa shape index (κ3) is 3.15. The topological polar surface area (TPSA) is 26.0 Å². The summed E-state index contributed by atoms with van der Waals surface area (Å²) in [5, 5.41) is 4.68. The summed E-state index contributed by atoms with van der Waals surface area (Å²) in [4.78, 5) is 4.33. The molecule has 35 heavy (non-hydrogen) atoms. The summed E-state index contributed by atoms with van der Waals surface area (Å²) < 4.78 is 6.68. The van der Waals surface area contributed by atoms with Crippen molar-refractivity contribution in [3.8, 4) is 33.4 Å². The Hall–Kier alpha value is -4.69. The predicted octanol–water partition coefficient (Wildman–Crippen LogP) is 9.14. The van der Waals surface area contributed by atoms with Gasteiger partial charge in [-0.25, -0.2) is 0 Å². The van der Waals surface area contributed by atoms with E-state index in [0.717, 1.165) is 44.2 Å². The van der Waals surface area contributed by atoms with Crippen LogP contribution in [0.3, 0.4) is 0 Å². The number of pyridine rings is 1. The van der Waals surface area contributed by atoms with Crippen molar-refractivity contribution < 1.29 is 4.42 Å². The number of para-hydroxylation sites is 2. The lowest BCUT2D eigenvalue weighted by Crippen LogP contribution is -1.87. The number of furan rings is 1. The normalized spacial score (nSPS) is 11.4. The second-order valence-corrected chi connectivity index (χ2v) is 8.78. The molecule has 2 aromatic heterocycles. The summed E-state index contributed by atoms with van der Waals surface area (Å²) in [7, 11) is 0. The lowest BCUT2D eigenvalue weighted by Gasteiger charge is -2.12. The van der Waals surface area contributed by atoms with E-state index in [-0.39, 0.29) is 0 Å². The lowest BCUT2D eigenvalue weighted by molar-refractivity contribution is 0.671. The van der Waals surface area contributed by atoms with Crippen LogP contribution in [-0.4, -0.2) is 4.98 Å². The van der Waals surface area contributed by atoms with Gasteiger partial charge in [0.15, 0.2) is 0 Å². The van der Waals surface area contributed by atoms with Crippen molar-refractivity contribution in [1.29, 1.82) is 0 Å². The van der Waals surface area contributed by atoms with E-state index in [9.17, 15) is 0 Å². The Morgan fingerprint density at radius 2 is 1.00 bits per heavy atom. The molecule has 0 bridgehead atoms. The summed E-state index contributed by atoms with van der Waals surface area (Å²) in [6.45, 7) is 0. The molecule has 0 aliphatic carbocycles. The molecule has 2 heterocycles. The van der Waals surface area contributed by atoms with E-state index in [0.29, 0.717) is 0 Å². The fourth-order valence-electron chi connectivity index (χ4n) is 5.19. The van der Waals surface area contributed by atoms with Crippen molar-refractivity contribution in [3.63, 3.8) is 0 Å². The maximum absolute atomic E-state index is 6.68. The van der Waals surface area contributed by atoms with Gasteiger partial charge in [-0.3, -0.25) is 4.98 Å². The monoisotopic (exact) mass is 447 g/mol. The molecule has 0 fully saturated rings. The van der Waals surface area contributed by atoms with Gasteiger partial charge in [0, 0.05) is 39.9 Å². The van der Waals surface area contributed by atoms with E-state index in [4.69, 9.17) is 4.42 Å². The number of nitrogens with zero attached hydrogens (tertiary/aromatic N) is 1. The summed E-state index contributed by atoms with van der Waals surface area (Å²) in [6, 6.07) is 40.4. The Kier molecular flexibility index (Phi) is 4.49. The molecule has 0 unspecified atom stereocenters. The van der Waals surface area contributed by atoms with E-state index in [1.54, 1.807) is 0 Å².